The van der Waals surface area contributed by atoms with Gasteiger partial charge in [0.25, 0.3) is 5.91 Å². The SMILES string of the molecule is O=C(Cc1ccccc1)N[C@@H]1C(=O)N2C(C(=O)O)=C(Sc3ccccc3-c3ccccc3)CS[C@@H]12. The molecule has 2 N–H and O–H groups in total. The van der Waals surface area contributed by atoms with Gasteiger partial charge < -0.3 is 10.4 Å². The quantitative estimate of drug-likeness (QED) is 0.466. The van der Waals surface area contributed by atoms with E-state index < -0.39 is 23.3 Å². The Bertz CT molecular complexity index is 1310. The molecule has 1 fully saturated rings. The summed E-state index contributed by atoms with van der Waals surface area (Å²) in [7, 11) is 0. The van der Waals surface area contributed by atoms with Crippen molar-refractivity contribution in [2.24, 2.45) is 0 Å². The molecule has 3 aromatic carbocycles. The number of β-lactam (4-membered cyclic amide) rings is 1. The van der Waals surface area contributed by atoms with Crippen LogP contribution in [0.3, 0.4) is 0 Å². The minimum absolute atomic E-state index is 0.000160. The van der Waals surface area contributed by atoms with Gasteiger partial charge in [0.1, 0.15) is 17.1 Å². The van der Waals surface area contributed by atoms with E-state index in [1.807, 2.05) is 84.9 Å². The van der Waals surface area contributed by atoms with Gasteiger partial charge in [-0.05, 0) is 22.8 Å². The Balaban J connectivity index is 1.36. The maximum Gasteiger partial charge on any atom is 0.353 e. The molecule has 6 nitrogen and oxygen atoms in total. The van der Waals surface area contributed by atoms with E-state index in [4.69, 9.17) is 0 Å². The first-order valence-electron chi connectivity index (χ1n) is 11.1. The normalized spacial score (nSPS) is 19.1. The van der Waals surface area contributed by atoms with Crippen molar-refractivity contribution in [3.63, 3.8) is 0 Å². The van der Waals surface area contributed by atoms with E-state index in [0.29, 0.717) is 10.7 Å². The van der Waals surface area contributed by atoms with Gasteiger partial charge in [-0.25, -0.2) is 4.79 Å². The van der Waals surface area contributed by atoms with Gasteiger partial charge in [-0.2, -0.15) is 0 Å². The van der Waals surface area contributed by atoms with Crippen LogP contribution in [0.15, 0.2) is 100 Å². The van der Waals surface area contributed by atoms with Crippen LogP contribution >= 0.6 is 23.5 Å². The van der Waals surface area contributed by atoms with Crippen LogP contribution in [0.5, 0.6) is 0 Å². The van der Waals surface area contributed by atoms with Gasteiger partial charge >= 0.3 is 5.97 Å². The number of hydrogen-bond donors (Lipinski definition) is 2. The fourth-order valence-electron chi connectivity index (χ4n) is 4.22. The minimum Gasteiger partial charge on any atom is -0.477 e. The molecule has 0 aliphatic carbocycles. The third-order valence-corrected chi connectivity index (χ3v) is 8.49. The molecule has 2 heterocycles. The van der Waals surface area contributed by atoms with Crippen molar-refractivity contribution in [2.75, 3.05) is 5.75 Å². The van der Waals surface area contributed by atoms with Crippen LogP contribution in [0.25, 0.3) is 11.1 Å². The Morgan fingerprint density at radius 3 is 2.34 bits per heavy atom. The molecule has 0 radical (unpaired) electrons. The number of hydrogen-bond acceptors (Lipinski definition) is 5. The predicted octanol–water partition coefficient (Wildman–Crippen LogP) is 4.38. The summed E-state index contributed by atoms with van der Waals surface area (Å²) in [5, 5.41) is 12.4. The van der Waals surface area contributed by atoms with Crippen molar-refractivity contribution in [3.8, 4) is 11.1 Å². The van der Waals surface area contributed by atoms with Crippen molar-refractivity contribution >= 4 is 41.3 Å². The molecule has 1 saturated heterocycles. The number of carbonyl (C=O) groups excluding carboxylic acids is 2. The second-order valence-electron chi connectivity index (χ2n) is 8.16. The second-order valence-corrected chi connectivity index (χ2v) is 10.4. The second kappa shape index (κ2) is 10.0. The highest BCUT2D eigenvalue weighted by Gasteiger charge is 2.54. The van der Waals surface area contributed by atoms with Crippen molar-refractivity contribution < 1.29 is 19.5 Å². The molecule has 176 valence electrons. The standard InChI is InChI=1S/C27H22N2O4S2/c30-22(15-17-9-3-1-4-10-17)28-23-25(31)29-24(27(32)33)21(16-34-26(23)29)35-20-14-8-7-13-19(20)18-11-5-2-6-12-18/h1-14,23,26H,15-16H2,(H,28,30)(H,32,33)/t23-,26+/m1/s1. The first kappa shape index (κ1) is 23.3. The molecule has 0 spiro atoms. The zero-order valence-electron chi connectivity index (χ0n) is 18.6. The Morgan fingerprint density at radius 1 is 0.971 bits per heavy atom. The third kappa shape index (κ3) is 4.72. The van der Waals surface area contributed by atoms with E-state index in [2.05, 4.69) is 5.32 Å². The van der Waals surface area contributed by atoms with Crippen LogP contribution in [0, 0.1) is 0 Å². The van der Waals surface area contributed by atoms with Gasteiger partial charge in [-0.15, -0.1) is 11.8 Å². The van der Waals surface area contributed by atoms with Gasteiger partial charge in [0, 0.05) is 15.6 Å². The molecule has 5 rings (SSSR count). The van der Waals surface area contributed by atoms with Gasteiger partial charge in [0.15, 0.2) is 0 Å². The lowest BCUT2D eigenvalue weighted by atomic mass is 10.0. The average molecular weight is 503 g/mol. The third-order valence-electron chi connectivity index (χ3n) is 5.86. The van der Waals surface area contributed by atoms with E-state index in [9.17, 15) is 19.5 Å². The molecular weight excluding hydrogens is 480 g/mol. The Labute approximate surface area is 211 Å². The maximum atomic E-state index is 13.0. The molecule has 0 unspecified atom stereocenters. The van der Waals surface area contributed by atoms with Crippen LogP contribution < -0.4 is 5.32 Å². The first-order valence-corrected chi connectivity index (χ1v) is 13.0. The number of nitrogens with one attached hydrogen (secondary N) is 1. The van der Waals surface area contributed by atoms with Crippen molar-refractivity contribution in [1.29, 1.82) is 0 Å². The molecule has 0 saturated carbocycles. The van der Waals surface area contributed by atoms with Gasteiger partial charge in [0.05, 0.1) is 6.42 Å². The highest BCUT2D eigenvalue weighted by molar-refractivity contribution is 8.06. The van der Waals surface area contributed by atoms with E-state index in [1.54, 1.807) is 0 Å². The molecule has 0 bridgehead atoms. The number of carboxylic acids is 1. The topological polar surface area (TPSA) is 86.7 Å². The zero-order chi connectivity index (χ0) is 24.4. The summed E-state index contributed by atoms with van der Waals surface area (Å²) in [4.78, 5) is 40.6. The van der Waals surface area contributed by atoms with Crippen LogP contribution in [0.2, 0.25) is 0 Å². The number of amides is 2. The summed E-state index contributed by atoms with van der Waals surface area (Å²) >= 11 is 2.85. The number of carbonyl (C=O) groups is 3. The predicted molar refractivity (Wildman–Crippen MR) is 138 cm³/mol. The molecule has 0 aromatic heterocycles. The number of nitrogens with zero attached hydrogens (tertiary/aromatic N) is 1. The summed E-state index contributed by atoms with van der Waals surface area (Å²) < 4.78 is 0. The Kier molecular flexibility index (Phi) is 6.66. The molecule has 8 heteroatoms. The van der Waals surface area contributed by atoms with E-state index in [-0.39, 0.29) is 18.0 Å². The Hall–Kier alpha value is -3.49. The molecule has 2 aliphatic heterocycles. The van der Waals surface area contributed by atoms with E-state index in [0.717, 1.165) is 21.6 Å². The number of thioether (sulfide) groups is 2. The van der Waals surface area contributed by atoms with Crippen molar-refractivity contribution in [1.82, 2.24) is 10.2 Å². The van der Waals surface area contributed by atoms with Crippen molar-refractivity contribution in [2.45, 2.75) is 22.7 Å². The first-order chi connectivity index (χ1) is 17.0. The maximum absolute atomic E-state index is 13.0. The lowest BCUT2D eigenvalue weighted by molar-refractivity contribution is -0.150. The molecular formula is C27H22N2O4S2. The lowest BCUT2D eigenvalue weighted by Gasteiger charge is -2.49. The lowest BCUT2D eigenvalue weighted by Crippen LogP contribution is -2.70. The highest BCUT2D eigenvalue weighted by atomic mass is 32.2. The number of fused-ring (bicyclic) bond motifs is 1. The average Bonchev–Trinajstić information content (AvgIpc) is 2.88. The van der Waals surface area contributed by atoms with Crippen LogP contribution in [-0.2, 0) is 20.8 Å². The Morgan fingerprint density at radius 2 is 1.63 bits per heavy atom. The van der Waals surface area contributed by atoms with Crippen LogP contribution in [0.1, 0.15) is 5.56 Å². The molecule has 2 aliphatic rings. The summed E-state index contributed by atoms with van der Waals surface area (Å²) in [5.41, 5.74) is 2.89. The largest absolute Gasteiger partial charge is 0.477 e. The summed E-state index contributed by atoms with van der Waals surface area (Å²) in [6.45, 7) is 0. The number of rotatable bonds is 7. The van der Waals surface area contributed by atoms with E-state index >= 15 is 0 Å². The minimum atomic E-state index is -1.14. The molecule has 2 amide bonds. The van der Waals surface area contributed by atoms with Gasteiger partial charge in [-0.1, -0.05) is 90.6 Å². The van der Waals surface area contributed by atoms with Crippen LogP contribution in [0.4, 0.5) is 0 Å². The molecule has 35 heavy (non-hydrogen) atoms. The number of benzene rings is 3. The fraction of sp³-hybridized carbons (Fsp3) is 0.148. The fourth-order valence-corrected chi connectivity index (χ4v) is 6.84. The monoisotopic (exact) mass is 502 g/mol. The molecule has 2 atom stereocenters. The summed E-state index contributed by atoms with van der Waals surface area (Å²) in [6.07, 6.45) is 0.168. The number of aliphatic carboxylic acids is 1. The zero-order valence-corrected chi connectivity index (χ0v) is 20.2. The van der Waals surface area contributed by atoms with Gasteiger partial charge in [0.2, 0.25) is 5.91 Å². The number of carboxylic acid groups (broad SMARTS) is 1. The molecule has 3 aromatic rings. The summed E-state index contributed by atoms with van der Waals surface area (Å²) in [6, 6.07) is 26.3. The van der Waals surface area contributed by atoms with Gasteiger partial charge in [-0.3, -0.25) is 14.5 Å². The smallest absolute Gasteiger partial charge is 0.353 e. The van der Waals surface area contributed by atoms with Crippen LogP contribution in [-0.4, -0.2) is 45.0 Å². The van der Waals surface area contributed by atoms with Crippen molar-refractivity contribution in [3.05, 3.63) is 101 Å². The summed E-state index contributed by atoms with van der Waals surface area (Å²) in [5.74, 6) is -1.35. The van der Waals surface area contributed by atoms with E-state index in [1.165, 1.54) is 28.4 Å². The highest BCUT2D eigenvalue weighted by Crippen LogP contribution is 2.46.